The number of rotatable bonds is 1. The summed E-state index contributed by atoms with van der Waals surface area (Å²) in [6.45, 7) is 5.45. The Hall–Kier alpha value is -1.89. The fraction of sp³-hybridized carbons (Fsp3) is 0.364. The van der Waals surface area contributed by atoms with Crippen molar-refractivity contribution in [2.24, 2.45) is 5.41 Å². The van der Waals surface area contributed by atoms with Gasteiger partial charge in [-0.05, 0) is 12.1 Å². The second-order valence-electron chi connectivity index (χ2n) is 4.25. The third-order valence-corrected chi connectivity index (χ3v) is 1.81. The van der Waals surface area contributed by atoms with E-state index in [1.807, 2.05) is 26.8 Å². The summed E-state index contributed by atoms with van der Waals surface area (Å²) >= 11 is 0. The average Bonchev–Trinajstić information content (AvgIpc) is 2.16. The third kappa shape index (κ3) is 3.06. The molecule has 1 heterocycles. The highest BCUT2D eigenvalue weighted by Crippen LogP contribution is 2.16. The first-order valence-corrected chi connectivity index (χ1v) is 4.61. The van der Waals surface area contributed by atoms with Crippen LogP contribution in [0.2, 0.25) is 0 Å². The Morgan fingerprint density at radius 1 is 1.53 bits per heavy atom. The van der Waals surface area contributed by atoms with E-state index < -0.39 is 5.41 Å². The first-order chi connectivity index (χ1) is 6.93. The number of hydrogen-bond acceptors (Lipinski definition) is 3. The van der Waals surface area contributed by atoms with E-state index in [4.69, 9.17) is 5.26 Å². The molecule has 0 spiro atoms. The van der Waals surface area contributed by atoms with Crippen LogP contribution in [0.15, 0.2) is 18.3 Å². The third-order valence-electron chi connectivity index (χ3n) is 1.81. The fourth-order valence-corrected chi connectivity index (χ4v) is 0.872. The molecule has 1 aromatic rings. The summed E-state index contributed by atoms with van der Waals surface area (Å²) < 4.78 is 0. The maximum Gasteiger partial charge on any atom is 0.230 e. The number of amides is 1. The van der Waals surface area contributed by atoms with Gasteiger partial charge in [-0.15, -0.1) is 0 Å². The van der Waals surface area contributed by atoms with Gasteiger partial charge in [-0.25, -0.2) is 4.98 Å². The zero-order valence-electron chi connectivity index (χ0n) is 9.03. The van der Waals surface area contributed by atoms with Crippen LogP contribution in [-0.2, 0) is 4.79 Å². The van der Waals surface area contributed by atoms with Crippen molar-refractivity contribution < 1.29 is 4.79 Å². The number of carbonyl (C=O) groups is 1. The molecule has 1 aromatic heterocycles. The first-order valence-electron chi connectivity index (χ1n) is 4.61. The SMILES string of the molecule is CC(C)(C)C(=O)Nc1cc(C#N)ccn1. The molecular weight excluding hydrogens is 190 g/mol. The summed E-state index contributed by atoms with van der Waals surface area (Å²) in [5, 5.41) is 11.3. The number of nitriles is 1. The summed E-state index contributed by atoms with van der Waals surface area (Å²) in [7, 11) is 0. The zero-order valence-corrected chi connectivity index (χ0v) is 9.03. The Morgan fingerprint density at radius 2 is 2.20 bits per heavy atom. The van der Waals surface area contributed by atoms with Crippen molar-refractivity contribution in [1.82, 2.24) is 4.98 Å². The quantitative estimate of drug-likeness (QED) is 0.758. The number of hydrogen-bond donors (Lipinski definition) is 1. The average molecular weight is 203 g/mol. The van der Waals surface area contributed by atoms with Gasteiger partial charge in [0.25, 0.3) is 0 Å². The van der Waals surface area contributed by atoms with Crippen molar-refractivity contribution in [3.05, 3.63) is 23.9 Å². The van der Waals surface area contributed by atoms with E-state index in [1.165, 1.54) is 6.20 Å². The van der Waals surface area contributed by atoms with E-state index in [1.54, 1.807) is 12.1 Å². The second kappa shape index (κ2) is 4.09. The normalized spacial score (nSPS) is 10.5. The lowest BCUT2D eigenvalue weighted by molar-refractivity contribution is -0.123. The number of anilines is 1. The molecule has 0 saturated heterocycles. The van der Waals surface area contributed by atoms with Crippen LogP contribution in [0.5, 0.6) is 0 Å². The molecule has 15 heavy (non-hydrogen) atoms. The Labute approximate surface area is 88.9 Å². The molecule has 1 rings (SSSR count). The van der Waals surface area contributed by atoms with Gasteiger partial charge in [-0.1, -0.05) is 20.8 Å². The van der Waals surface area contributed by atoms with E-state index >= 15 is 0 Å². The van der Waals surface area contributed by atoms with E-state index in [-0.39, 0.29) is 5.91 Å². The van der Waals surface area contributed by atoms with Crippen LogP contribution in [-0.4, -0.2) is 10.9 Å². The molecule has 0 aliphatic heterocycles. The van der Waals surface area contributed by atoms with Crippen LogP contribution in [0.1, 0.15) is 26.3 Å². The van der Waals surface area contributed by atoms with Gasteiger partial charge in [0.05, 0.1) is 11.6 Å². The molecule has 0 aliphatic carbocycles. The van der Waals surface area contributed by atoms with Crippen LogP contribution >= 0.6 is 0 Å². The van der Waals surface area contributed by atoms with E-state index in [2.05, 4.69) is 10.3 Å². The van der Waals surface area contributed by atoms with Crippen molar-refractivity contribution in [1.29, 1.82) is 5.26 Å². The monoisotopic (exact) mass is 203 g/mol. The van der Waals surface area contributed by atoms with Crippen LogP contribution < -0.4 is 5.32 Å². The van der Waals surface area contributed by atoms with Crippen molar-refractivity contribution in [2.45, 2.75) is 20.8 Å². The highest BCUT2D eigenvalue weighted by Gasteiger charge is 2.21. The summed E-state index contributed by atoms with van der Waals surface area (Å²) in [5.41, 5.74) is 0.0128. The first kappa shape index (κ1) is 11.2. The van der Waals surface area contributed by atoms with Crippen molar-refractivity contribution in [2.75, 3.05) is 5.32 Å². The smallest absolute Gasteiger partial charge is 0.230 e. The van der Waals surface area contributed by atoms with Crippen molar-refractivity contribution >= 4 is 11.7 Å². The molecule has 0 fully saturated rings. The Bertz CT molecular complexity index is 413. The lowest BCUT2D eigenvalue weighted by Crippen LogP contribution is -2.28. The van der Waals surface area contributed by atoms with Gasteiger partial charge < -0.3 is 5.32 Å². The number of nitrogens with zero attached hydrogens (tertiary/aromatic N) is 2. The summed E-state index contributed by atoms with van der Waals surface area (Å²) in [6.07, 6.45) is 1.50. The molecule has 1 N–H and O–H groups in total. The molecule has 0 radical (unpaired) electrons. The minimum Gasteiger partial charge on any atom is -0.310 e. The number of carbonyl (C=O) groups excluding carboxylic acids is 1. The predicted molar refractivity (Wildman–Crippen MR) is 57.0 cm³/mol. The number of pyridine rings is 1. The van der Waals surface area contributed by atoms with Crippen LogP contribution in [0.4, 0.5) is 5.82 Å². The lowest BCUT2D eigenvalue weighted by atomic mass is 9.96. The Kier molecular flexibility index (Phi) is 3.05. The largest absolute Gasteiger partial charge is 0.310 e. The maximum atomic E-state index is 11.6. The molecule has 0 aromatic carbocycles. The van der Waals surface area contributed by atoms with Crippen LogP contribution in [0.3, 0.4) is 0 Å². The summed E-state index contributed by atoms with van der Waals surface area (Å²) in [6, 6.07) is 5.12. The summed E-state index contributed by atoms with van der Waals surface area (Å²) in [5.74, 6) is 0.291. The molecule has 0 atom stereocenters. The van der Waals surface area contributed by atoms with Gasteiger partial charge in [-0.3, -0.25) is 4.79 Å². The van der Waals surface area contributed by atoms with Gasteiger partial charge in [-0.2, -0.15) is 5.26 Å². The van der Waals surface area contributed by atoms with Gasteiger partial charge in [0.2, 0.25) is 5.91 Å². The van der Waals surface area contributed by atoms with Gasteiger partial charge in [0.15, 0.2) is 0 Å². The maximum absolute atomic E-state index is 11.6. The van der Waals surface area contributed by atoms with Crippen molar-refractivity contribution in [3.63, 3.8) is 0 Å². The van der Waals surface area contributed by atoms with E-state index in [0.29, 0.717) is 11.4 Å². The summed E-state index contributed by atoms with van der Waals surface area (Å²) in [4.78, 5) is 15.6. The van der Waals surface area contributed by atoms with Gasteiger partial charge >= 0.3 is 0 Å². The van der Waals surface area contributed by atoms with Crippen molar-refractivity contribution in [3.8, 4) is 6.07 Å². The number of aromatic nitrogens is 1. The topological polar surface area (TPSA) is 65.8 Å². The van der Waals surface area contributed by atoms with E-state index in [9.17, 15) is 4.79 Å². The lowest BCUT2D eigenvalue weighted by Gasteiger charge is -2.16. The molecule has 0 saturated carbocycles. The Balaban J connectivity index is 2.83. The van der Waals surface area contributed by atoms with E-state index in [0.717, 1.165) is 0 Å². The minimum atomic E-state index is -0.468. The molecule has 0 bridgehead atoms. The minimum absolute atomic E-state index is 0.120. The molecule has 4 heteroatoms. The van der Waals surface area contributed by atoms with Gasteiger partial charge in [0.1, 0.15) is 5.82 Å². The molecule has 1 amide bonds. The number of nitrogens with one attached hydrogen (secondary N) is 1. The predicted octanol–water partition coefficient (Wildman–Crippen LogP) is 1.94. The highest BCUT2D eigenvalue weighted by molar-refractivity contribution is 5.93. The van der Waals surface area contributed by atoms with Crippen LogP contribution in [0.25, 0.3) is 0 Å². The Morgan fingerprint density at radius 3 is 2.73 bits per heavy atom. The standard InChI is InChI=1S/C11H13N3O/c1-11(2,3)10(15)14-9-6-8(7-12)4-5-13-9/h4-6H,1-3H3,(H,13,14,15). The molecule has 78 valence electrons. The van der Waals surface area contributed by atoms with Gasteiger partial charge in [0, 0.05) is 11.6 Å². The molecule has 0 unspecified atom stereocenters. The molecule has 4 nitrogen and oxygen atoms in total. The van der Waals surface area contributed by atoms with Crippen LogP contribution in [0, 0.1) is 16.7 Å². The highest BCUT2D eigenvalue weighted by atomic mass is 16.2. The molecular formula is C11H13N3O. The second-order valence-corrected chi connectivity index (χ2v) is 4.25. The fourth-order valence-electron chi connectivity index (χ4n) is 0.872. The molecule has 0 aliphatic rings. The zero-order chi connectivity index (χ0) is 11.5.